The molecule has 1 aromatic heterocycles. The van der Waals surface area contributed by atoms with Gasteiger partial charge in [-0.05, 0) is 11.6 Å². The molecule has 6 heteroatoms. The molecule has 6 nitrogen and oxygen atoms in total. The zero-order valence-electron chi connectivity index (χ0n) is 8.81. The molecule has 0 N–H and O–H groups in total. The summed E-state index contributed by atoms with van der Waals surface area (Å²) in [5, 5.41) is 14.6. The fraction of sp³-hybridized carbons (Fsp3) is 0.0909. The van der Waals surface area contributed by atoms with Crippen molar-refractivity contribution in [1.29, 1.82) is 0 Å². The van der Waals surface area contributed by atoms with Crippen LogP contribution in [0.5, 0.6) is 0 Å². The second-order valence-corrected chi connectivity index (χ2v) is 3.48. The van der Waals surface area contributed by atoms with E-state index < -0.39 is 4.92 Å². The lowest BCUT2D eigenvalue weighted by Crippen LogP contribution is -2.01. The van der Waals surface area contributed by atoms with Crippen molar-refractivity contribution >= 4 is 12.0 Å². The van der Waals surface area contributed by atoms with Gasteiger partial charge in [-0.15, -0.1) is 0 Å². The highest BCUT2D eigenvalue weighted by atomic mass is 16.6. The largest absolute Gasteiger partial charge is 0.296 e. The lowest BCUT2D eigenvalue weighted by atomic mass is 10.2. The molecule has 0 atom stereocenters. The van der Waals surface area contributed by atoms with Crippen LogP contribution in [0.2, 0.25) is 0 Å². The van der Waals surface area contributed by atoms with Gasteiger partial charge in [0, 0.05) is 18.3 Å². The molecule has 0 aliphatic carbocycles. The summed E-state index contributed by atoms with van der Waals surface area (Å²) in [5.74, 6) is 0. The second kappa shape index (κ2) is 4.56. The Morgan fingerprint density at radius 1 is 1.41 bits per heavy atom. The second-order valence-electron chi connectivity index (χ2n) is 3.48. The van der Waals surface area contributed by atoms with E-state index in [0.717, 1.165) is 5.56 Å². The Kier molecular flexibility index (Phi) is 2.95. The highest BCUT2D eigenvalue weighted by Crippen LogP contribution is 2.13. The van der Waals surface area contributed by atoms with E-state index in [1.54, 1.807) is 29.1 Å². The third-order valence-electron chi connectivity index (χ3n) is 2.25. The van der Waals surface area contributed by atoms with Gasteiger partial charge >= 0.3 is 0 Å². The number of nitro groups is 1. The number of carbonyl (C=O) groups is 1. The minimum absolute atomic E-state index is 0.0465. The first-order valence-corrected chi connectivity index (χ1v) is 4.91. The van der Waals surface area contributed by atoms with E-state index in [-0.39, 0.29) is 5.69 Å². The third-order valence-corrected chi connectivity index (χ3v) is 2.25. The monoisotopic (exact) mass is 231 g/mol. The fourth-order valence-electron chi connectivity index (χ4n) is 1.48. The normalized spacial score (nSPS) is 10.1. The number of non-ortho nitro benzene ring substituents is 1. The predicted octanol–water partition coefficient (Wildman–Crippen LogP) is 1.65. The van der Waals surface area contributed by atoms with Crippen molar-refractivity contribution in [3.63, 3.8) is 0 Å². The highest BCUT2D eigenvalue weighted by Gasteiger charge is 2.06. The number of nitrogens with zero attached hydrogens (tertiary/aromatic N) is 3. The molecule has 1 heterocycles. The highest BCUT2D eigenvalue weighted by molar-refractivity contribution is 5.71. The van der Waals surface area contributed by atoms with Crippen LogP contribution in [0.4, 0.5) is 5.69 Å². The summed E-state index contributed by atoms with van der Waals surface area (Å²) >= 11 is 0. The number of nitro benzene ring substituents is 1. The molecule has 0 aliphatic heterocycles. The number of rotatable bonds is 4. The molecule has 0 spiro atoms. The van der Waals surface area contributed by atoms with Crippen LogP contribution in [-0.4, -0.2) is 21.0 Å². The van der Waals surface area contributed by atoms with E-state index >= 15 is 0 Å². The third kappa shape index (κ3) is 2.54. The molecule has 2 aromatic rings. The molecule has 2 rings (SSSR count). The Hall–Kier alpha value is -2.50. The summed E-state index contributed by atoms with van der Waals surface area (Å²) < 4.78 is 1.56. The minimum Gasteiger partial charge on any atom is -0.296 e. The van der Waals surface area contributed by atoms with Gasteiger partial charge in [0.2, 0.25) is 0 Å². The molecule has 0 saturated heterocycles. The summed E-state index contributed by atoms with van der Waals surface area (Å²) in [6, 6.07) is 7.91. The van der Waals surface area contributed by atoms with E-state index in [0.29, 0.717) is 18.5 Å². The molecule has 86 valence electrons. The molecule has 0 aliphatic rings. The van der Waals surface area contributed by atoms with Crippen LogP contribution in [0, 0.1) is 10.1 Å². The quantitative estimate of drug-likeness (QED) is 0.455. The Labute approximate surface area is 96.6 Å². The smallest absolute Gasteiger partial charge is 0.269 e. The first kappa shape index (κ1) is 11.0. The standard InChI is InChI=1S/C11H9N3O3/c15-8-10-4-5-13(12-10)7-9-2-1-3-11(6-9)14(16)17/h1-6,8H,7H2. The average Bonchev–Trinajstić information content (AvgIpc) is 2.77. The van der Waals surface area contributed by atoms with Crippen molar-refractivity contribution < 1.29 is 9.72 Å². The molecule has 0 bridgehead atoms. The Bertz CT molecular complexity index is 563. The van der Waals surface area contributed by atoms with Crippen LogP contribution in [0.1, 0.15) is 16.1 Å². The van der Waals surface area contributed by atoms with Gasteiger partial charge in [0.05, 0.1) is 11.5 Å². The molecular formula is C11H9N3O3. The van der Waals surface area contributed by atoms with Gasteiger partial charge in [-0.3, -0.25) is 19.6 Å². The maximum absolute atomic E-state index is 10.6. The first-order chi connectivity index (χ1) is 8.19. The van der Waals surface area contributed by atoms with Crippen LogP contribution in [0.25, 0.3) is 0 Å². The number of carbonyl (C=O) groups excluding carboxylic acids is 1. The number of aromatic nitrogens is 2. The maximum Gasteiger partial charge on any atom is 0.269 e. The topological polar surface area (TPSA) is 78.0 Å². The lowest BCUT2D eigenvalue weighted by molar-refractivity contribution is -0.384. The van der Waals surface area contributed by atoms with Crippen LogP contribution in [-0.2, 0) is 6.54 Å². The Balaban J connectivity index is 2.20. The van der Waals surface area contributed by atoms with Crippen LogP contribution < -0.4 is 0 Å². The van der Waals surface area contributed by atoms with Crippen molar-refractivity contribution in [3.8, 4) is 0 Å². The van der Waals surface area contributed by atoms with E-state index in [9.17, 15) is 14.9 Å². The molecule has 0 saturated carbocycles. The first-order valence-electron chi connectivity index (χ1n) is 4.91. The predicted molar refractivity (Wildman–Crippen MR) is 59.8 cm³/mol. The van der Waals surface area contributed by atoms with Gasteiger partial charge in [-0.1, -0.05) is 12.1 Å². The van der Waals surface area contributed by atoms with Crippen LogP contribution in [0.3, 0.4) is 0 Å². The van der Waals surface area contributed by atoms with Gasteiger partial charge in [-0.25, -0.2) is 0 Å². The maximum atomic E-state index is 10.6. The van der Waals surface area contributed by atoms with Gasteiger partial charge < -0.3 is 0 Å². The van der Waals surface area contributed by atoms with Gasteiger partial charge in [-0.2, -0.15) is 5.10 Å². The van der Waals surface area contributed by atoms with E-state index in [4.69, 9.17) is 0 Å². The van der Waals surface area contributed by atoms with Gasteiger partial charge in [0.1, 0.15) is 5.69 Å². The SMILES string of the molecule is O=Cc1ccn(Cc2cccc([N+](=O)[O-])c2)n1. The van der Waals surface area contributed by atoms with Crippen LogP contribution in [0.15, 0.2) is 36.5 Å². The summed E-state index contributed by atoms with van der Waals surface area (Å²) in [6.07, 6.45) is 2.31. The number of benzene rings is 1. The lowest BCUT2D eigenvalue weighted by Gasteiger charge is -2.01. The van der Waals surface area contributed by atoms with Gasteiger partial charge in [0.15, 0.2) is 6.29 Å². The summed E-state index contributed by atoms with van der Waals surface area (Å²) in [5.41, 5.74) is 1.15. The molecule has 17 heavy (non-hydrogen) atoms. The van der Waals surface area contributed by atoms with Crippen molar-refractivity contribution in [2.75, 3.05) is 0 Å². The molecule has 0 amide bonds. The van der Waals surface area contributed by atoms with Crippen LogP contribution >= 0.6 is 0 Å². The minimum atomic E-state index is -0.441. The summed E-state index contributed by atoms with van der Waals surface area (Å²) in [6.45, 7) is 0.398. The summed E-state index contributed by atoms with van der Waals surface area (Å²) in [4.78, 5) is 20.6. The molecule has 1 aromatic carbocycles. The van der Waals surface area contributed by atoms with E-state index in [2.05, 4.69) is 5.10 Å². The van der Waals surface area contributed by atoms with Crippen molar-refractivity contribution in [3.05, 3.63) is 57.9 Å². The van der Waals surface area contributed by atoms with E-state index in [1.165, 1.54) is 12.1 Å². The Morgan fingerprint density at radius 3 is 2.88 bits per heavy atom. The van der Waals surface area contributed by atoms with Crippen molar-refractivity contribution in [2.24, 2.45) is 0 Å². The number of hydrogen-bond donors (Lipinski definition) is 0. The number of aldehydes is 1. The number of hydrogen-bond acceptors (Lipinski definition) is 4. The molecule has 0 unspecified atom stereocenters. The fourth-order valence-corrected chi connectivity index (χ4v) is 1.48. The molecule has 0 radical (unpaired) electrons. The Morgan fingerprint density at radius 2 is 2.24 bits per heavy atom. The zero-order valence-corrected chi connectivity index (χ0v) is 8.81. The molecule has 0 fully saturated rings. The van der Waals surface area contributed by atoms with Gasteiger partial charge in [0.25, 0.3) is 5.69 Å². The molecular weight excluding hydrogens is 222 g/mol. The summed E-state index contributed by atoms with van der Waals surface area (Å²) in [7, 11) is 0. The average molecular weight is 231 g/mol. The zero-order chi connectivity index (χ0) is 12.3. The van der Waals surface area contributed by atoms with Crippen molar-refractivity contribution in [1.82, 2.24) is 9.78 Å². The van der Waals surface area contributed by atoms with Crippen molar-refractivity contribution in [2.45, 2.75) is 6.54 Å². The van der Waals surface area contributed by atoms with E-state index in [1.807, 2.05) is 0 Å².